The molecule has 1 aliphatic rings. The van der Waals surface area contributed by atoms with Crippen LogP contribution in [-0.2, 0) is 26.0 Å². The van der Waals surface area contributed by atoms with Crippen LogP contribution in [0, 0.1) is 6.92 Å². The van der Waals surface area contributed by atoms with Crippen molar-refractivity contribution < 1.29 is 18.0 Å². The van der Waals surface area contributed by atoms with Crippen LogP contribution in [0.15, 0.2) is 71.6 Å². The predicted octanol–water partition coefficient (Wildman–Crippen LogP) is 2.73. The van der Waals surface area contributed by atoms with Crippen molar-refractivity contribution in [1.29, 1.82) is 0 Å². The van der Waals surface area contributed by atoms with Gasteiger partial charge in [0.1, 0.15) is 6.04 Å². The van der Waals surface area contributed by atoms with Gasteiger partial charge in [-0.1, -0.05) is 60.2 Å². The van der Waals surface area contributed by atoms with Crippen molar-refractivity contribution in [3.63, 3.8) is 0 Å². The molecule has 34 heavy (non-hydrogen) atoms. The Morgan fingerprint density at radius 3 is 2.26 bits per heavy atom. The molecule has 0 aliphatic carbocycles. The van der Waals surface area contributed by atoms with E-state index in [-0.39, 0.29) is 49.3 Å². The third kappa shape index (κ3) is 5.13. The Balaban J connectivity index is 1.33. The van der Waals surface area contributed by atoms with Crippen LogP contribution in [0.2, 0.25) is 0 Å². The molecule has 1 fully saturated rings. The number of sulfonamides is 1. The number of hydrogen-bond acceptors (Lipinski definition) is 4. The Hall–Kier alpha value is -3.23. The normalized spacial score (nSPS) is 15.8. The number of rotatable bonds is 6. The van der Waals surface area contributed by atoms with Gasteiger partial charge in [-0.3, -0.25) is 9.59 Å². The zero-order valence-electron chi connectivity index (χ0n) is 19.4. The zero-order chi connectivity index (χ0) is 24.3. The van der Waals surface area contributed by atoms with Gasteiger partial charge in [-0.05, 0) is 42.3 Å². The monoisotopic (exact) mass is 479 g/mol. The first-order chi connectivity index (χ1) is 16.3. The number of piperazine rings is 1. The van der Waals surface area contributed by atoms with Crippen molar-refractivity contribution >= 4 is 32.6 Å². The predicted molar refractivity (Wildman–Crippen MR) is 132 cm³/mol. The van der Waals surface area contributed by atoms with Crippen molar-refractivity contribution in [1.82, 2.24) is 14.5 Å². The largest absolute Gasteiger partial charge is 0.344 e. The van der Waals surface area contributed by atoms with Crippen LogP contribution in [0.4, 0.5) is 0 Å². The molecule has 178 valence electrons. The summed E-state index contributed by atoms with van der Waals surface area (Å²) in [4.78, 5) is 27.4. The summed E-state index contributed by atoms with van der Waals surface area (Å²) in [7, 11) is -3.59. The first-order valence-corrected chi connectivity index (χ1v) is 12.8. The van der Waals surface area contributed by atoms with Gasteiger partial charge in [0.15, 0.2) is 0 Å². The van der Waals surface area contributed by atoms with Crippen LogP contribution < -0.4 is 5.32 Å². The Labute approximate surface area is 200 Å². The standard InChI is InChI=1S/C26H29N3O4S/c1-19-10-12-23(13-11-19)34(32,33)29-16-14-28(15-17-29)26(31)20(2)27-25(30)18-22-8-5-7-21-6-3-4-9-24(21)22/h3-13,20H,14-18H2,1-2H3,(H,27,30)/t20-/m0/s1. The van der Waals surface area contributed by atoms with Crippen LogP contribution in [0.5, 0.6) is 0 Å². The average molecular weight is 480 g/mol. The molecule has 1 atom stereocenters. The molecule has 3 aromatic carbocycles. The van der Waals surface area contributed by atoms with Gasteiger partial charge in [0.05, 0.1) is 11.3 Å². The van der Waals surface area contributed by atoms with Crippen LogP contribution in [0.3, 0.4) is 0 Å². The van der Waals surface area contributed by atoms with E-state index in [1.165, 1.54) is 4.31 Å². The van der Waals surface area contributed by atoms with E-state index in [9.17, 15) is 18.0 Å². The van der Waals surface area contributed by atoms with Crippen molar-refractivity contribution in [3.8, 4) is 0 Å². The summed E-state index contributed by atoms with van der Waals surface area (Å²) in [6.45, 7) is 4.58. The average Bonchev–Trinajstić information content (AvgIpc) is 2.84. The van der Waals surface area contributed by atoms with Crippen molar-refractivity contribution in [2.45, 2.75) is 31.2 Å². The second-order valence-electron chi connectivity index (χ2n) is 8.65. The molecule has 4 rings (SSSR count). The van der Waals surface area contributed by atoms with E-state index in [4.69, 9.17) is 0 Å². The molecule has 3 aromatic rings. The fraction of sp³-hybridized carbons (Fsp3) is 0.308. The number of nitrogens with one attached hydrogen (secondary N) is 1. The molecule has 0 spiro atoms. The molecule has 1 aliphatic heterocycles. The summed E-state index contributed by atoms with van der Waals surface area (Å²) in [5.41, 5.74) is 1.90. The number of carbonyl (C=O) groups is 2. The topological polar surface area (TPSA) is 86.8 Å². The van der Waals surface area contributed by atoms with Crippen LogP contribution in [0.25, 0.3) is 10.8 Å². The molecule has 0 radical (unpaired) electrons. The summed E-state index contributed by atoms with van der Waals surface area (Å²) in [5, 5.41) is 4.88. The van der Waals surface area contributed by atoms with Crippen LogP contribution in [0.1, 0.15) is 18.1 Å². The van der Waals surface area contributed by atoms with Gasteiger partial charge in [-0.2, -0.15) is 4.31 Å². The molecule has 8 heteroatoms. The summed E-state index contributed by atoms with van der Waals surface area (Å²) in [6, 6.07) is 19.8. The minimum Gasteiger partial charge on any atom is -0.344 e. The minimum absolute atomic E-state index is 0.182. The molecule has 1 heterocycles. The summed E-state index contributed by atoms with van der Waals surface area (Å²) < 4.78 is 27.2. The van der Waals surface area contributed by atoms with Crippen LogP contribution in [-0.4, -0.2) is 61.7 Å². The first-order valence-electron chi connectivity index (χ1n) is 11.4. The molecule has 0 saturated carbocycles. The highest BCUT2D eigenvalue weighted by molar-refractivity contribution is 7.89. The molecular weight excluding hydrogens is 450 g/mol. The van der Waals surface area contributed by atoms with E-state index in [1.807, 2.05) is 49.4 Å². The van der Waals surface area contributed by atoms with E-state index in [0.717, 1.165) is 21.9 Å². The van der Waals surface area contributed by atoms with E-state index < -0.39 is 16.1 Å². The van der Waals surface area contributed by atoms with Crippen molar-refractivity contribution in [2.75, 3.05) is 26.2 Å². The second-order valence-corrected chi connectivity index (χ2v) is 10.6. The van der Waals surface area contributed by atoms with E-state index in [1.54, 1.807) is 36.1 Å². The van der Waals surface area contributed by atoms with Crippen molar-refractivity contribution in [3.05, 3.63) is 77.9 Å². The highest BCUT2D eigenvalue weighted by atomic mass is 32.2. The minimum atomic E-state index is -3.59. The lowest BCUT2D eigenvalue weighted by molar-refractivity contribution is -0.136. The molecule has 7 nitrogen and oxygen atoms in total. The maximum absolute atomic E-state index is 12.9. The fourth-order valence-electron chi connectivity index (χ4n) is 4.26. The van der Waals surface area contributed by atoms with E-state index in [0.29, 0.717) is 0 Å². The lowest BCUT2D eigenvalue weighted by Crippen LogP contribution is -2.55. The Bertz CT molecular complexity index is 1290. The molecule has 2 amide bonds. The molecule has 0 unspecified atom stereocenters. The van der Waals surface area contributed by atoms with E-state index >= 15 is 0 Å². The Kier molecular flexibility index (Phi) is 7.00. The van der Waals surface area contributed by atoms with Crippen LogP contribution >= 0.6 is 0 Å². The van der Waals surface area contributed by atoms with E-state index in [2.05, 4.69) is 5.32 Å². The quantitative estimate of drug-likeness (QED) is 0.589. The molecule has 1 N–H and O–H groups in total. The number of aryl methyl sites for hydroxylation is 1. The molecule has 0 aromatic heterocycles. The van der Waals surface area contributed by atoms with Gasteiger partial charge in [-0.15, -0.1) is 0 Å². The highest BCUT2D eigenvalue weighted by Crippen LogP contribution is 2.20. The second kappa shape index (κ2) is 9.95. The molecular formula is C26H29N3O4S. The molecule has 0 bridgehead atoms. The lowest BCUT2D eigenvalue weighted by Gasteiger charge is -2.35. The number of fused-ring (bicyclic) bond motifs is 1. The zero-order valence-corrected chi connectivity index (χ0v) is 20.2. The number of benzene rings is 3. The smallest absolute Gasteiger partial charge is 0.244 e. The SMILES string of the molecule is Cc1ccc(S(=O)(=O)N2CCN(C(=O)[C@H](C)NC(=O)Cc3cccc4ccccc34)CC2)cc1. The molecule has 1 saturated heterocycles. The summed E-state index contributed by atoms with van der Waals surface area (Å²) >= 11 is 0. The third-order valence-corrected chi connectivity index (χ3v) is 8.10. The number of carbonyl (C=O) groups excluding carboxylic acids is 2. The summed E-state index contributed by atoms with van der Waals surface area (Å²) in [5.74, 6) is -0.434. The Morgan fingerprint density at radius 2 is 1.56 bits per heavy atom. The first kappa shape index (κ1) is 23.9. The Morgan fingerprint density at radius 1 is 0.912 bits per heavy atom. The van der Waals surface area contributed by atoms with Gasteiger partial charge in [0, 0.05) is 26.2 Å². The fourth-order valence-corrected chi connectivity index (χ4v) is 5.68. The van der Waals surface area contributed by atoms with Gasteiger partial charge < -0.3 is 10.2 Å². The van der Waals surface area contributed by atoms with Gasteiger partial charge in [0.2, 0.25) is 21.8 Å². The van der Waals surface area contributed by atoms with Gasteiger partial charge in [0.25, 0.3) is 0 Å². The number of amides is 2. The summed E-state index contributed by atoms with van der Waals surface area (Å²) in [6.07, 6.45) is 0.182. The third-order valence-electron chi connectivity index (χ3n) is 6.19. The van der Waals surface area contributed by atoms with Gasteiger partial charge >= 0.3 is 0 Å². The maximum Gasteiger partial charge on any atom is 0.244 e. The van der Waals surface area contributed by atoms with Crippen molar-refractivity contribution in [2.24, 2.45) is 0 Å². The number of hydrogen-bond donors (Lipinski definition) is 1. The number of nitrogens with zero attached hydrogens (tertiary/aromatic N) is 2. The maximum atomic E-state index is 12.9. The lowest BCUT2D eigenvalue weighted by atomic mass is 10.0. The van der Waals surface area contributed by atoms with Gasteiger partial charge in [-0.25, -0.2) is 8.42 Å². The highest BCUT2D eigenvalue weighted by Gasteiger charge is 2.31.